The number of ether oxygens (including phenoxy) is 1. The molecule has 33 heavy (non-hydrogen) atoms. The van der Waals surface area contributed by atoms with Crippen molar-refractivity contribution < 1.29 is 18.3 Å². The van der Waals surface area contributed by atoms with Gasteiger partial charge >= 0.3 is 6.61 Å². The standard InChI is InChI=1S/C23H25F2N3O3S2/c1-3-28-21(30)19-16-9-4-13(2)10-17(16)33-20(19)27-23(28)32-12-18(29)26-11-14-5-7-15(8-6-14)31-22(24)25/h5-8,13,22H,3-4,9-12H2,1-2H3,(H,26,29). The molecule has 0 spiro atoms. The Morgan fingerprint density at radius 3 is 2.82 bits per heavy atom. The topological polar surface area (TPSA) is 73.2 Å². The molecule has 0 bridgehead atoms. The van der Waals surface area contributed by atoms with Crippen molar-refractivity contribution in [3.8, 4) is 5.75 Å². The number of carbonyl (C=O) groups is 1. The SMILES string of the molecule is CCn1c(SCC(=O)NCc2ccc(OC(F)F)cc2)nc2sc3c(c2c1=O)CCC(C)C3. The van der Waals surface area contributed by atoms with E-state index in [9.17, 15) is 18.4 Å². The summed E-state index contributed by atoms with van der Waals surface area (Å²) in [5.41, 5.74) is 1.90. The lowest BCUT2D eigenvalue weighted by Crippen LogP contribution is -2.26. The molecular formula is C23H25F2N3O3S2. The normalized spacial score (nSPS) is 15.6. The minimum absolute atomic E-state index is 0.0245. The summed E-state index contributed by atoms with van der Waals surface area (Å²) >= 11 is 2.84. The first-order valence-corrected chi connectivity index (χ1v) is 12.6. The van der Waals surface area contributed by atoms with Crippen molar-refractivity contribution in [1.29, 1.82) is 0 Å². The number of fused-ring (bicyclic) bond motifs is 3. The van der Waals surface area contributed by atoms with E-state index in [1.165, 1.54) is 28.8 Å². The molecule has 4 rings (SSSR count). The molecule has 1 amide bonds. The summed E-state index contributed by atoms with van der Waals surface area (Å²) < 4.78 is 30.4. The summed E-state index contributed by atoms with van der Waals surface area (Å²) in [5.74, 6) is 0.597. The number of aromatic nitrogens is 2. The molecule has 0 fully saturated rings. The van der Waals surface area contributed by atoms with Crippen LogP contribution in [-0.4, -0.2) is 27.8 Å². The van der Waals surface area contributed by atoms with Gasteiger partial charge < -0.3 is 10.1 Å². The van der Waals surface area contributed by atoms with Crippen LogP contribution in [0.2, 0.25) is 0 Å². The number of hydrogen-bond acceptors (Lipinski definition) is 6. The summed E-state index contributed by atoms with van der Waals surface area (Å²) in [6.07, 6.45) is 2.99. The van der Waals surface area contributed by atoms with E-state index in [2.05, 4.69) is 17.0 Å². The molecule has 1 unspecified atom stereocenters. The van der Waals surface area contributed by atoms with Crippen LogP contribution in [0.1, 0.15) is 36.3 Å². The molecule has 0 saturated heterocycles. The van der Waals surface area contributed by atoms with Gasteiger partial charge in [0.1, 0.15) is 10.6 Å². The maximum Gasteiger partial charge on any atom is 0.387 e. The third kappa shape index (κ3) is 5.38. The van der Waals surface area contributed by atoms with E-state index >= 15 is 0 Å². The number of rotatable bonds is 8. The van der Waals surface area contributed by atoms with E-state index in [4.69, 9.17) is 4.98 Å². The van der Waals surface area contributed by atoms with E-state index in [0.29, 0.717) is 17.6 Å². The maximum atomic E-state index is 13.2. The Morgan fingerprint density at radius 1 is 1.36 bits per heavy atom. The van der Waals surface area contributed by atoms with Crippen LogP contribution < -0.4 is 15.6 Å². The largest absolute Gasteiger partial charge is 0.435 e. The zero-order chi connectivity index (χ0) is 23.5. The number of halogens is 2. The fourth-order valence-corrected chi connectivity index (χ4v) is 6.28. The Kier molecular flexibility index (Phi) is 7.33. The van der Waals surface area contributed by atoms with Crippen LogP contribution >= 0.6 is 23.1 Å². The van der Waals surface area contributed by atoms with Gasteiger partial charge in [0.25, 0.3) is 5.56 Å². The third-order valence-electron chi connectivity index (χ3n) is 5.67. The van der Waals surface area contributed by atoms with Gasteiger partial charge in [0.2, 0.25) is 5.91 Å². The van der Waals surface area contributed by atoms with Gasteiger partial charge in [0.05, 0.1) is 11.1 Å². The highest BCUT2D eigenvalue weighted by Crippen LogP contribution is 2.36. The van der Waals surface area contributed by atoms with Crippen molar-refractivity contribution in [3.05, 3.63) is 50.6 Å². The van der Waals surface area contributed by atoms with Crippen molar-refractivity contribution in [2.75, 3.05) is 5.75 Å². The number of nitrogens with zero attached hydrogens (tertiary/aromatic N) is 2. The van der Waals surface area contributed by atoms with Gasteiger partial charge in [-0.15, -0.1) is 11.3 Å². The van der Waals surface area contributed by atoms with Gasteiger partial charge in [-0.1, -0.05) is 30.8 Å². The first-order valence-electron chi connectivity index (χ1n) is 10.8. The number of carbonyl (C=O) groups excluding carboxylic acids is 1. The summed E-state index contributed by atoms with van der Waals surface area (Å²) in [4.78, 5) is 32.4. The summed E-state index contributed by atoms with van der Waals surface area (Å²) in [7, 11) is 0. The lowest BCUT2D eigenvalue weighted by molar-refractivity contribution is -0.118. The van der Waals surface area contributed by atoms with E-state index in [0.717, 1.165) is 40.6 Å². The van der Waals surface area contributed by atoms with Gasteiger partial charge in [0.15, 0.2) is 5.16 Å². The molecule has 1 aliphatic carbocycles. The number of aryl methyl sites for hydroxylation is 1. The zero-order valence-corrected chi connectivity index (χ0v) is 20.0. The smallest absolute Gasteiger partial charge is 0.387 e. The van der Waals surface area contributed by atoms with Crippen LogP contribution in [0.4, 0.5) is 8.78 Å². The summed E-state index contributed by atoms with van der Waals surface area (Å²) in [6.45, 7) is 2.01. The molecule has 6 nitrogen and oxygen atoms in total. The van der Waals surface area contributed by atoms with Crippen LogP contribution in [0.25, 0.3) is 10.2 Å². The number of nitrogens with one attached hydrogen (secondary N) is 1. The molecule has 0 aliphatic heterocycles. The molecule has 1 atom stereocenters. The van der Waals surface area contributed by atoms with Crippen LogP contribution in [0.5, 0.6) is 5.75 Å². The highest BCUT2D eigenvalue weighted by atomic mass is 32.2. The van der Waals surface area contributed by atoms with Crippen LogP contribution in [0, 0.1) is 5.92 Å². The van der Waals surface area contributed by atoms with E-state index in [1.54, 1.807) is 28.0 Å². The van der Waals surface area contributed by atoms with Gasteiger partial charge in [-0.2, -0.15) is 8.78 Å². The molecule has 1 aliphatic rings. The van der Waals surface area contributed by atoms with E-state index in [1.807, 2.05) is 6.92 Å². The Balaban J connectivity index is 1.42. The lowest BCUT2D eigenvalue weighted by atomic mass is 9.89. The minimum atomic E-state index is -2.87. The fraction of sp³-hybridized carbons (Fsp3) is 0.435. The predicted octanol–water partition coefficient (Wildman–Crippen LogP) is 4.61. The van der Waals surface area contributed by atoms with Gasteiger partial charge in [0, 0.05) is 18.0 Å². The second-order valence-electron chi connectivity index (χ2n) is 8.06. The zero-order valence-electron chi connectivity index (χ0n) is 18.4. The molecule has 1 N–H and O–H groups in total. The molecule has 1 aromatic carbocycles. The van der Waals surface area contributed by atoms with Crippen LogP contribution in [0.15, 0.2) is 34.2 Å². The first kappa shape index (κ1) is 23.7. The van der Waals surface area contributed by atoms with E-state index in [-0.39, 0.29) is 29.5 Å². The highest BCUT2D eigenvalue weighted by molar-refractivity contribution is 7.99. The fourth-order valence-electron chi connectivity index (χ4n) is 3.96. The number of alkyl halides is 2. The average molecular weight is 494 g/mol. The minimum Gasteiger partial charge on any atom is -0.435 e. The molecule has 10 heteroatoms. The van der Waals surface area contributed by atoms with Crippen molar-refractivity contribution in [1.82, 2.24) is 14.9 Å². The Bertz CT molecular complexity index is 1210. The second kappa shape index (κ2) is 10.2. The lowest BCUT2D eigenvalue weighted by Gasteiger charge is -2.17. The first-order chi connectivity index (χ1) is 15.9. The summed E-state index contributed by atoms with van der Waals surface area (Å²) in [5, 5.41) is 4.10. The number of benzene rings is 1. The second-order valence-corrected chi connectivity index (χ2v) is 10.1. The van der Waals surface area contributed by atoms with E-state index < -0.39 is 6.61 Å². The number of hydrogen-bond donors (Lipinski definition) is 1. The summed E-state index contributed by atoms with van der Waals surface area (Å²) in [6, 6.07) is 6.11. The van der Waals surface area contributed by atoms with Crippen molar-refractivity contribution >= 4 is 39.2 Å². The Morgan fingerprint density at radius 2 is 2.12 bits per heavy atom. The number of thiophene rings is 1. The number of thioether (sulfide) groups is 1. The van der Waals surface area contributed by atoms with Gasteiger partial charge in [-0.3, -0.25) is 14.2 Å². The molecule has 2 heterocycles. The highest BCUT2D eigenvalue weighted by Gasteiger charge is 2.24. The third-order valence-corrected chi connectivity index (χ3v) is 7.79. The molecule has 3 aromatic rings. The molecule has 2 aromatic heterocycles. The van der Waals surface area contributed by atoms with Crippen LogP contribution in [0.3, 0.4) is 0 Å². The maximum absolute atomic E-state index is 13.2. The Labute approximate surface area is 198 Å². The van der Waals surface area contributed by atoms with Crippen molar-refractivity contribution in [2.45, 2.75) is 58.0 Å². The molecule has 176 valence electrons. The van der Waals surface area contributed by atoms with Gasteiger partial charge in [-0.25, -0.2) is 4.98 Å². The molecule has 0 saturated carbocycles. The van der Waals surface area contributed by atoms with Crippen molar-refractivity contribution in [3.63, 3.8) is 0 Å². The molecule has 0 radical (unpaired) electrons. The Hall–Kier alpha value is -2.46. The predicted molar refractivity (Wildman–Crippen MR) is 126 cm³/mol. The van der Waals surface area contributed by atoms with Crippen LogP contribution in [-0.2, 0) is 30.7 Å². The average Bonchev–Trinajstić information content (AvgIpc) is 3.14. The van der Waals surface area contributed by atoms with Crippen molar-refractivity contribution in [2.24, 2.45) is 5.92 Å². The quantitative estimate of drug-likeness (QED) is 0.366. The monoisotopic (exact) mass is 493 g/mol. The number of amides is 1. The molecular weight excluding hydrogens is 468 g/mol. The van der Waals surface area contributed by atoms with Gasteiger partial charge in [-0.05, 0) is 55.4 Å².